The van der Waals surface area contributed by atoms with Gasteiger partial charge in [-0.2, -0.15) is 5.10 Å². The van der Waals surface area contributed by atoms with Crippen molar-refractivity contribution < 1.29 is 14.3 Å². The van der Waals surface area contributed by atoms with E-state index in [-0.39, 0.29) is 11.3 Å². The van der Waals surface area contributed by atoms with Gasteiger partial charge in [-0.3, -0.25) is 14.6 Å². The highest BCUT2D eigenvalue weighted by atomic mass is 32.2. The molecule has 146 valence electrons. The predicted molar refractivity (Wildman–Crippen MR) is 102 cm³/mol. The number of hydrazone groups is 1. The molecule has 2 fully saturated rings. The minimum Gasteiger partial charge on any atom is -0.469 e. The first-order valence-electron chi connectivity index (χ1n) is 9.69. The Hall–Kier alpha value is -1.28. The topological polar surface area (TPSA) is 97.0 Å². The van der Waals surface area contributed by atoms with Crippen LogP contribution in [0.25, 0.3) is 0 Å². The number of thioether (sulfide) groups is 1. The van der Waals surface area contributed by atoms with Gasteiger partial charge in [-0.25, -0.2) is 0 Å². The number of amides is 1. The lowest BCUT2D eigenvalue weighted by atomic mass is 9.83. The van der Waals surface area contributed by atoms with E-state index in [9.17, 15) is 9.59 Å². The Morgan fingerprint density at radius 3 is 2.54 bits per heavy atom. The van der Waals surface area contributed by atoms with E-state index < -0.39 is 5.91 Å². The number of rotatable bonds is 6. The second kappa shape index (κ2) is 9.08. The molecule has 0 bridgehead atoms. The van der Waals surface area contributed by atoms with Crippen molar-refractivity contribution in [2.24, 2.45) is 22.7 Å². The fourth-order valence-electron chi connectivity index (χ4n) is 4.31. The van der Waals surface area contributed by atoms with Crippen molar-refractivity contribution in [2.45, 2.75) is 62.8 Å². The van der Waals surface area contributed by atoms with Gasteiger partial charge in [-0.15, -0.1) is 0 Å². The SMILES string of the molecule is COC(=O)CCC1CCC(N2N=C(C(N)=O)SC2C2CCNCC2)CC1. The van der Waals surface area contributed by atoms with Crippen LogP contribution in [-0.2, 0) is 14.3 Å². The fourth-order valence-corrected chi connectivity index (χ4v) is 5.59. The number of piperidine rings is 1. The summed E-state index contributed by atoms with van der Waals surface area (Å²) in [6.45, 7) is 2.06. The van der Waals surface area contributed by atoms with Gasteiger partial charge in [0.2, 0.25) is 0 Å². The Morgan fingerprint density at radius 1 is 1.23 bits per heavy atom. The molecule has 1 aliphatic carbocycles. The van der Waals surface area contributed by atoms with Gasteiger partial charge in [-0.1, -0.05) is 11.8 Å². The molecule has 1 unspecified atom stereocenters. The summed E-state index contributed by atoms with van der Waals surface area (Å²) in [5.74, 6) is 0.587. The molecule has 2 heterocycles. The van der Waals surface area contributed by atoms with Crippen LogP contribution in [0.2, 0.25) is 0 Å². The van der Waals surface area contributed by atoms with Crippen molar-refractivity contribution in [3.05, 3.63) is 0 Å². The number of nitrogens with two attached hydrogens (primary N) is 1. The van der Waals surface area contributed by atoms with Crippen molar-refractivity contribution in [1.82, 2.24) is 10.3 Å². The van der Waals surface area contributed by atoms with Crippen LogP contribution in [-0.4, -0.2) is 53.5 Å². The Bertz CT molecular complexity index is 543. The van der Waals surface area contributed by atoms with Gasteiger partial charge in [0.1, 0.15) is 5.37 Å². The number of nitrogens with zero attached hydrogens (tertiary/aromatic N) is 2. The first kappa shape index (κ1) is 19.5. The van der Waals surface area contributed by atoms with Crippen LogP contribution in [0.1, 0.15) is 51.4 Å². The highest BCUT2D eigenvalue weighted by Gasteiger charge is 2.40. The van der Waals surface area contributed by atoms with Crippen LogP contribution in [0.15, 0.2) is 5.10 Å². The number of hydrogen-bond donors (Lipinski definition) is 2. The normalized spacial score (nSPS) is 30.1. The van der Waals surface area contributed by atoms with Crippen LogP contribution < -0.4 is 11.1 Å². The Morgan fingerprint density at radius 2 is 1.92 bits per heavy atom. The van der Waals surface area contributed by atoms with Gasteiger partial charge in [0.25, 0.3) is 5.91 Å². The van der Waals surface area contributed by atoms with E-state index in [1.54, 1.807) is 11.8 Å². The number of nitrogens with one attached hydrogen (secondary N) is 1. The molecule has 1 atom stereocenters. The zero-order valence-electron chi connectivity index (χ0n) is 15.5. The number of methoxy groups -OCH3 is 1. The lowest BCUT2D eigenvalue weighted by Gasteiger charge is -2.40. The number of esters is 1. The summed E-state index contributed by atoms with van der Waals surface area (Å²) in [6.07, 6.45) is 7.96. The maximum absolute atomic E-state index is 11.7. The average Bonchev–Trinajstić information content (AvgIpc) is 3.13. The van der Waals surface area contributed by atoms with Crippen molar-refractivity contribution >= 4 is 28.7 Å². The molecule has 0 aromatic heterocycles. The molecule has 1 saturated carbocycles. The van der Waals surface area contributed by atoms with Gasteiger partial charge in [0.05, 0.1) is 7.11 Å². The maximum atomic E-state index is 11.7. The molecule has 0 spiro atoms. The molecular formula is C18H30N4O3S. The monoisotopic (exact) mass is 382 g/mol. The smallest absolute Gasteiger partial charge is 0.305 e. The molecule has 8 heteroatoms. The highest BCUT2D eigenvalue weighted by Crippen LogP contribution is 2.41. The summed E-state index contributed by atoms with van der Waals surface area (Å²) >= 11 is 1.56. The van der Waals surface area contributed by atoms with E-state index in [1.165, 1.54) is 7.11 Å². The Kier molecular flexibility index (Phi) is 6.80. The summed E-state index contributed by atoms with van der Waals surface area (Å²) in [6, 6.07) is 0.369. The minimum atomic E-state index is -0.414. The summed E-state index contributed by atoms with van der Waals surface area (Å²) in [7, 11) is 1.44. The van der Waals surface area contributed by atoms with Gasteiger partial charge >= 0.3 is 5.97 Å². The molecule has 3 N–H and O–H groups in total. The molecular weight excluding hydrogens is 352 g/mol. The number of ether oxygens (including phenoxy) is 1. The Labute approximate surface area is 159 Å². The molecule has 3 rings (SSSR count). The molecule has 7 nitrogen and oxygen atoms in total. The summed E-state index contributed by atoms with van der Waals surface area (Å²) in [5.41, 5.74) is 5.51. The van der Waals surface area contributed by atoms with E-state index in [1.807, 2.05) is 0 Å². The molecule has 1 amide bonds. The van der Waals surface area contributed by atoms with Crippen molar-refractivity contribution in [1.29, 1.82) is 0 Å². The van der Waals surface area contributed by atoms with E-state index in [4.69, 9.17) is 10.5 Å². The Balaban J connectivity index is 1.58. The third-order valence-electron chi connectivity index (χ3n) is 5.87. The van der Waals surface area contributed by atoms with Crippen LogP contribution in [0.3, 0.4) is 0 Å². The third-order valence-corrected chi connectivity index (χ3v) is 7.22. The second-order valence-electron chi connectivity index (χ2n) is 7.53. The van der Waals surface area contributed by atoms with Crippen LogP contribution in [0.5, 0.6) is 0 Å². The number of carbonyl (C=O) groups is 2. The van der Waals surface area contributed by atoms with Crippen molar-refractivity contribution in [2.75, 3.05) is 20.2 Å². The summed E-state index contributed by atoms with van der Waals surface area (Å²) < 4.78 is 4.74. The lowest BCUT2D eigenvalue weighted by Crippen LogP contribution is -2.44. The lowest BCUT2D eigenvalue weighted by molar-refractivity contribution is -0.141. The molecule has 0 radical (unpaired) electrons. The van der Waals surface area contributed by atoms with Crippen LogP contribution in [0, 0.1) is 11.8 Å². The van der Waals surface area contributed by atoms with E-state index in [2.05, 4.69) is 15.4 Å². The van der Waals surface area contributed by atoms with Crippen molar-refractivity contribution in [3.63, 3.8) is 0 Å². The summed E-state index contributed by atoms with van der Waals surface area (Å²) in [5, 5.41) is 10.9. The first-order chi connectivity index (χ1) is 12.6. The number of hydrogen-bond acceptors (Lipinski definition) is 7. The van der Waals surface area contributed by atoms with Gasteiger partial charge < -0.3 is 15.8 Å². The zero-order chi connectivity index (χ0) is 18.5. The molecule has 1 saturated heterocycles. The maximum Gasteiger partial charge on any atom is 0.305 e. The predicted octanol–water partition coefficient (Wildman–Crippen LogP) is 1.67. The first-order valence-corrected chi connectivity index (χ1v) is 10.6. The number of primary amides is 1. The minimum absolute atomic E-state index is 0.121. The highest BCUT2D eigenvalue weighted by molar-refractivity contribution is 8.16. The van der Waals surface area contributed by atoms with Gasteiger partial charge in [-0.05, 0) is 69.9 Å². The van der Waals surface area contributed by atoms with Gasteiger partial charge in [0, 0.05) is 12.5 Å². The summed E-state index contributed by atoms with van der Waals surface area (Å²) in [4.78, 5) is 23.0. The largest absolute Gasteiger partial charge is 0.469 e. The average molecular weight is 383 g/mol. The van der Waals surface area contributed by atoms with E-state index in [0.29, 0.717) is 29.3 Å². The molecule has 3 aliphatic rings. The van der Waals surface area contributed by atoms with Gasteiger partial charge in [0.15, 0.2) is 5.04 Å². The zero-order valence-corrected chi connectivity index (χ0v) is 16.3. The molecule has 0 aromatic rings. The van der Waals surface area contributed by atoms with Crippen LogP contribution >= 0.6 is 11.8 Å². The standard InChI is InChI=1S/C18H30N4O3S/c1-25-15(23)7-4-12-2-5-14(6-3-12)22-18(13-8-10-20-11-9-13)26-17(21-22)16(19)24/h12-14,18,20H,2-11H2,1H3,(H2,19,24). The molecule has 0 aromatic carbocycles. The van der Waals surface area contributed by atoms with E-state index in [0.717, 1.165) is 58.0 Å². The third kappa shape index (κ3) is 4.71. The number of carbonyl (C=O) groups excluding carboxylic acids is 2. The molecule has 2 aliphatic heterocycles. The quantitative estimate of drug-likeness (QED) is 0.678. The van der Waals surface area contributed by atoms with Crippen LogP contribution in [0.4, 0.5) is 0 Å². The van der Waals surface area contributed by atoms with E-state index >= 15 is 0 Å². The van der Waals surface area contributed by atoms with Crippen molar-refractivity contribution in [3.8, 4) is 0 Å². The molecule has 26 heavy (non-hydrogen) atoms. The second-order valence-corrected chi connectivity index (χ2v) is 8.64. The fraction of sp³-hybridized carbons (Fsp3) is 0.833.